The van der Waals surface area contributed by atoms with E-state index in [4.69, 9.17) is 9.84 Å². The lowest BCUT2D eigenvalue weighted by atomic mass is 9.98. The van der Waals surface area contributed by atoms with Crippen LogP contribution in [-0.4, -0.2) is 24.0 Å². The summed E-state index contributed by atoms with van der Waals surface area (Å²) in [5.74, 6) is -0.381. The molecule has 4 heteroatoms. The summed E-state index contributed by atoms with van der Waals surface area (Å²) >= 11 is 0. The number of hydrogen-bond acceptors (Lipinski definition) is 3. The lowest BCUT2D eigenvalue weighted by molar-refractivity contribution is -0.137. The third kappa shape index (κ3) is 3.58. The average Bonchev–Trinajstić information content (AvgIpc) is 2.26. The predicted molar refractivity (Wildman–Crippen MR) is 68.3 cm³/mol. The van der Waals surface area contributed by atoms with E-state index < -0.39 is 5.97 Å². The van der Waals surface area contributed by atoms with Gasteiger partial charge >= 0.3 is 5.97 Å². The molecule has 0 amide bonds. The van der Waals surface area contributed by atoms with Crippen LogP contribution in [-0.2, 0) is 4.79 Å². The number of carbonyl (C=O) groups is 2. The predicted octanol–water partition coefficient (Wildman–Crippen LogP) is 2.75. The second kappa shape index (κ2) is 6.19. The highest BCUT2D eigenvalue weighted by molar-refractivity contribution is 6.00. The summed E-state index contributed by atoms with van der Waals surface area (Å²) in [6, 6.07) is 3.74. The Bertz CT molecular complexity index is 463. The fraction of sp³-hybridized carbons (Fsp3) is 0.429. The second-order valence-corrected chi connectivity index (χ2v) is 4.33. The lowest BCUT2D eigenvalue weighted by Crippen LogP contribution is -2.06. The Morgan fingerprint density at radius 1 is 1.22 bits per heavy atom. The molecule has 0 heterocycles. The fourth-order valence-electron chi connectivity index (χ4n) is 1.97. The van der Waals surface area contributed by atoms with Gasteiger partial charge in [-0.1, -0.05) is 6.07 Å². The molecule has 0 aromatic heterocycles. The Morgan fingerprint density at radius 3 is 2.44 bits per heavy atom. The van der Waals surface area contributed by atoms with Crippen molar-refractivity contribution in [1.82, 2.24) is 0 Å². The van der Waals surface area contributed by atoms with E-state index >= 15 is 0 Å². The van der Waals surface area contributed by atoms with Crippen LogP contribution in [0.4, 0.5) is 0 Å². The van der Waals surface area contributed by atoms with E-state index in [2.05, 4.69) is 0 Å². The minimum atomic E-state index is -0.879. The van der Waals surface area contributed by atoms with Gasteiger partial charge in [0, 0.05) is 12.8 Å². The molecule has 0 atom stereocenters. The van der Waals surface area contributed by atoms with Crippen molar-refractivity contribution in [2.45, 2.75) is 33.1 Å². The Balaban J connectivity index is 2.88. The van der Waals surface area contributed by atoms with Crippen LogP contribution < -0.4 is 4.74 Å². The number of Topliss-reactive ketones (excluding diaryl/α,β-unsaturated/α-hetero) is 1. The summed E-state index contributed by atoms with van der Waals surface area (Å²) in [5, 5.41) is 8.55. The summed E-state index contributed by atoms with van der Waals surface area (Å²) in [6.07, 6.45) is 0.593. The van der Waals surface area contributed by atoms with Crippen LogP contribution in [0.5, 0.6) is 5.75 Å². The molecule has 4 nitrogen and oxygen atoms in total. The molecule has 1 aromatic rings. The summed E-state index contributed by atoms with van der Waals surface area (Å²) in [7, 11) is 1.53. The van der Waals surface area contributed by atoms with Crippen LogP contribution in [0, 0.1) is 13.8 Å². The number of carbonyl (C=O) groups excluding carboxylic acids is 1. The van der Waals surface area contributed by atoms with Crippen LogP contribution in [0.1, 0.15) is 40.7 Å². The Kier molecular flexibility index (Phi) is 4.89. The number of carboxylic acid groups (broad SMARTS) is 1. The molecule has 0 spiro atoms. The van der Waals surface area contributed by atoms with Crippen LogP contribution in [0.2, 0.25) is 0 Å². The number of carboxylic acids is 1. The molecule has 0 aliphatic heterocycles. The van der Waals surface area contributed by atoms with Crippen LogP contribution in [0.25, 0.3) is 0 Å². The number of benzene rings is 1. The first-order valence-corrected chi connectivity index (χ1v) is 5.86. The quantitative estimate of drug-likeness (QED) is 0.788. The van der Waals surface area contributed by atoms with Gasteiger partial charge in [-0.05, 0) is 37.5 Å². The molecule has 0 saturated carbocycles. The average molecular weight is 250 g/mol. The van der Waals surface area contributed by atoms with E-state index in [0.717, 1.165) is 11.1 Å². The maximum absolute atomic E-state index is 12.1. The maximum Gasteiger partial charge on any atom is 0.303 e. The van der Waals surface area contributed by atoms with E-state index in [0.29, 0.717) is 17.7 Å². The first-order valence-electron chi connectivity index (χ1n) is 5.86. The maximum atomic E-state index is 12.1. The van der Waals surface area contributed by atoms with Crippen LogP contribution >= 0.6 is 0 Å². The number of hydrogen-bond donors (Lipinski definition) is 1. The first-order chi connectivity index (χ1) is 8.45. The van der Waals surface area contributed by atoms with Gasteiger partial charge < -0.3 is 9.84 Å². The lowest BCUT2D eigenvalue weighted by Gasteiger charge is -2.11. The number of aryl methyl sites for hydroxylation is 2. The van der Waals surface area contributed by atoms with E-state index in [1.165, 1.54) is 7.11 Å². The van der Waals surface area contributed by atoms with E-state index in [9.17, 15) is 9.59 Å². The van der Waals surface area contributed by atoms with Gasteiger partial charge in [-0.25, -0.2) is 0 Å². The number of methoxy groups -OCH3 is 1. The highest BCUT2D eigenvalue weighted by atomic mass is 16.5. The summed E-state index contributed by atoms with van der Waals surface area (Å²) in [5.41, 5.74) is 2.46. The monoisotopic (exact) mass is 250 g/mol. The molecule has 18 heavy (non-hydrogen) atoms. The van der Waals surface area contributed by atoms with Crippen molar-refractivity contribution in [2.24, 2.45) is 0 Å². The molecule has 1 aromatic carbocycles. The van der Waals surface area contributed by atoms with Gasteiger partial charge in [0.15, 0.2) is 5.78 Å². The molecule has 0 unspecified atom stereocenters. The van der Waals surface area contributed by atoms with E-state index in [-0.39, 0.29) is 18.6 Å². The van der Waals surface area contributed by atoms with Crippen molar-refractivity contribution < 1.29 is 19.4 Å². The molecule has 0 saturated heterocycles. The van der Waals surface area contributed by atoms with Gasteiger partial charge in [0.05, 0.1) is 12.7 Å². The van der Waals surface area contributed by atoms with E-state index in [1.54, 1.807) is 0 Å². The number of rotatable bonds is 6. The van der Waals surface area contributed by atoms with Crippen LogP contribution in [0.15, 0.2) is 12.1 Å². The van der Waals surface area contributed by atoms with Gasteiger partial charge in [0.25, 0.3) is 0 Å². The van der Waals surface area contributed by atoms with E-state index in [1.807, 2.05) is 26.0 Å². The largest absolute Gasteiger partial charge is 0.496 e. The molecule has 0 radical (unpaired) electrons. The second-order valence-electron chi connectivity index (χ2n) is 4.33. The van der Waals surface area contributed by atoms with Crippen molar-refractivity contribution >= 4 is 11.8 Å². The van der Waals surface area contributed by atoms with Gasteiger partial charge in [-0.2, -0.15) is 0 Å². The molecule has 0 fully saturated rings. The highest BCUT2D eigenvalue weighted by Crippen LogP contribution is 2.26. The summed E-state index contributed by atoms with van der Waals surface area (Å²) < 4.78 is 5.22. The molecule has 98 valence electrons. The fourth-order valence-corrected chi connectivity index (χ4v) is 1.97. The zero-order chi connectivity index (χ0) is 13.7. The van der Waals surface area contributed by atoms with Gasteiger partial charge in [0.2, 0.25) is 0 Å². The topological polar surface area (TPSA) is 63.6 Å². The third-order valence-electron chi connectivity index (χ3n) is 2.74. The smallest absolute Gasteiger partial charge is 0.303 e. The van der Waals surface area contributed by atoms with Crippen molar-refractivity contribution in [3.63, 3.8) is 0 Å². The molecule has 0 aliphatic rings. The molecule has 0 bridgehead atoms. The molecular formula is C14H18O4. The number of aliphatic carboxylic acids is 1. The van der Waals surface area contributed by atoms with Crippen LogP contribution in [0.3, 0.4) is 0 Å². The SMILES string of the molecule is COc1cc(C)cc(C)c1C(=O)CCCC(=O)O. The minimum Gasteiger partial charge on any atom is -0.496 e. The summed E-state index contributed by atoms with van der Waals surface area (Å²) in [4.78, 5) is 22.5. The third-order valence-corrected chi connectivity index (χ3v) is 2.74. The van der Waals surface area contributed by atoms with Crippen molar-refractivity contribution in [3.8, 4) is 5.75 Å². The standard InChI is InChI=1S/C14H18O4/c1-9-7-10(2)14(12(8-9)18-3)11(15)5-4-6-13(16)17/h7-8H,4-6H2,1-3H3,(H,16,17). The molecular weight excluding hydrogens is 232 g/mol. The first kappa shape index (κ1) is 14.2. The zero-order valence-electron chi connectivity index (χ0n) is 10.9. The van der Waals surface area contributed by atoms with Gasteiger partial charge in [0.1, 0.15) is 5.75 Å². The molecule has 0 aliphatic carbocycles. The van der Waals surface area contributed by atoms with Crippen molar-refractivity contribution in [1.29, 1.82) is 0 Å². The molecule has 1 rings (SSSR count). The van der Waals surface area contributed by atoms with Gasteiger partial charge in [-0.3, -0.25) is 9.59 Å². The Morgan fingerprint density at radius 2 is 1.89 bits per heavy atom. The Labute approximate surface area is 107 Å². The minimum absolute atomic E-state index is 0.0129. The summed E-state index contributed by atoms with van der Waals surface area (Å²) in [6.45, 7) is 3.80. The zero-order valence-corrected chi connectivity index (χ0v) is 10.9. The van der Waals surface area contributed by atoms with Crippen molar-refractivity contribution in [3.05, 3.63) is 28.8 Å². The Hall–Kier alpha value is -1.84. The highest BCUT2D eigenvalue weighted by Gasteiger charge is 2.16. The number of ketones is 1. The normalized spacial score (nSPS) is 10.2. The van der Waals surface area contributed by atoms with Crippen molar-refractivity contribution in [2.75, 3.05) is 7.11 Å². The van der Waals surface area contributed by atoms with Gasteiger partial charge in [-0.15, -0.1) is 0 Å². The molecule has 1 N–H and O–H groups in total. The number of ether oxygens (including phenoxy) is 1.